The van der Waals surface area contributed by atoms with E-state index in [2.05, 4.69) is 12.0 Å². The van der Waals surface area contributed by atoms with Crippen molar-refractivity contribution in [1.29, 1.82) is 0 Å². The lowest BCUT2D eigenvalue weighted by molar-refractivity contribution is -0.140. The van der Waals surface area contributed by atoms with E-state index in [1.54, 1.807) is 0 Å². The molecular weight excluding hydrogens is 260 g/mol. The lowest BCUT2D eigenvalue weighted by Gasteiger charge is -2.18. The molecule has 0 aliphatic carbocycles. The third-order valence-electron chi connectivity index (χ3n) is 2.76. The van der Waals surface area contributed by atoms with Crippen molar-refractivity contribution in [2.24, 2.45) is 5.84 Å². The van der Waals surface area contributed by atoms with Crippen LogP contribution in [0.2, 0.25) is 0 Å². The fraction of sp³-hybridized carbons (Fsp3) is 0.385. The number of hydrazine groups is 1. The fourth-order valence-electron chi connectivity index (χ4n) is 1.71. The quantitative estimate of drug-likeness (QED) is 0.372. The second-order valence-corrected chi connectivity index (χ2v) is 4.45. The Morgan fingerprint density at radius 2 is 2.05 bits per heavy atom. The minimum Gasteiger partial charge on any atom is -0.271 e. The molecular formula is C13H16F4N2. The van der Waals surface area contributed by atoms with E-state index in [1.807, 2.05) is 6.92 Å². The molecule has 0 aliphatic rings. The SMILES string of the molecule is C=C(C)CCC(NN)c1ccc(F)c(C(F)(F)F)c1. The van der Waals surface area contributed by atoms with Crippen molar-refractivity contribution in [3.63, 3.8) is 0 Å². The van der Waals surface area contributed by atoms with Gasteiger partial charge in [0, 0.05) is 6.04 Å². The molecule has 0 amide bonds. The van der Waals surface area contributed by atoms with Crippen LogP contribution in [0, 0.1) is 5.82 Å². The van der Waals surface area contributed by atoms with E-state index in [0.717, 1.165) is 17.7 Å². The average molecular weight is 276 g/mol. The van der Waals surface area contributed by atoms with Crippen LogP contribution in [-0.2, 0) is 6.18 Å². The third-order valence-corrected chi connectivity index (χ3v) is 2.76. The van der Waals surface area contributed by atoms with Crippen LogP contribution in [0.5, 0.6) is 0 Å². The van der Waals surface area contributed by atoms with E-state index in [0.29, 0.717) is 18.4 Å². The Balaban J connectivity index is 3.02. The van der Waals surface area contributed by atoms with Crippen molar-refractivity contribution >= 4 is 0 Å². The first-order valence-corrected chi connectivity index (χ1v) is 5.73. The first-order valence-electron chi connectivity index (χ1n) is 5.73. The van der Waals surface area contributed by atoms with Crippen molar-refractivity contribution in [2.45, 2.75) is 32.0 Å². The standard InChI is InChI=1S/C13H16F4N2/c1-8(2)3-6-12(19-18)9-4-5-11(14)10(7-9)13(15,16)17/h4-5,7,12,19H,1,3,6,18H2,2H3. The Labute approximate surface area is 109 Å². The number of benzene rings is 1. The number of nitrogens with two attached hydrogens (primary N) is 1. The molecule has 1 aromatic rings. The Kier molecular flexibility index (Phi) is 5.08. The van der Waals surface area contributed by atoms with Crippen molar-refractivity contribution in [3.05, 3.63) is 47.3 Å². The summed E-state index contributed by atoms with van der Waals surface area (Å²) in [6.07, 6.45) is -3.60. The molecule has 1 rings (SSSR count). The molecule has 0 fully saturated rings. The van der Waals surface area contributed by atoms with E-state index in [4.69, 9.17) is 5.84 Å². The molecule has 0 saturated carbocycles. The monoisotopic (exact) mass is 276 g/mol. The second-order valence-electron chi connectivity index (χ2n) is 4.45. The van der Waals surface area contributed by atoms with E-state index in [1.165, 1.54) is 6.07 Å². The predicted molar refractivity (Wildman–Crippen MR) is 65.5 cm³/mol. The molecule has 106 valence electrons. The van der Waals surface area contributed by atoms with Crippen LogP contribution >= 0.6 is 0 Å². The maximum Gasteiger partial charge on any atom is 0.419 e. The molecule has 0 aliphatic heterocycles. The molecule has 0 saturated heterocycles. The zero-order chi connectivity index (χ0) is 14.6. The smallest absolute Gasteiger partial charge is 0.271 e. The van der Waals surface area contributed by atoms with Crippen LogP contribution < -0.4 is 11.3 Å². The number of hydrogen-bond acceptors (Lipinski definition) is 2. The molecule has 1 unspecified atom stereocenters. The van der Waals surface area contributed by atoms with Crippen LogP contribution in [0.15, 0.2) is 30.4 Å². The van der Waals surface area contributed by atoms with Gasteiger partial charge < -0.3 is 0 Å². The summed E-state index contributed by atoms with van der Waals surface area (Å²) >= 11 is 0. The normalized spacial score (nSPS) is 13.4. The summed E-state index contributed by atoms with van der Waals surface area (Å²) < 4.78 is 51.0. The van der Waals surface area contributed by atoms with Crippen molar-refractivity contribution < 1.29 is 17.6 Å². The lowest BCUT2D eigenvalue weighted by atomic mass is 9.98. The van der Waals surface area contributed by atoms with Crippen molar-refractivity contribution in [2.75, 3.05) is 0 Å². The minimum atomic E-state index is -4.71. The van der Waals surface area contributed by atoms with Gasteiger partial charge in [0.1, 0.15) is 5.82 Å². The van der Waals surface area contributed by atoms with Gasteiger partial charge in [-0.15, -0.1) is 6.58 Å². The van der Waals surface area contributed by atoms with E-state index in [-0.39, 0.29) is 0 Å². The Bertz CT molecular complexity index is 454. The first kappa shape index (κ1) is 15.7. The highest BCUT2D eigenvalue weighted by molar-refractivity contribution is 5.29. The van der Waals surface area contributed by atoms with E-state index < -0.39 is 23.6 Å². The summed E-state index contributed by atoms with van der Waals surface area (Å²) in [7, 11) is 0. The Hall–Kier alpha value is -1.40. The zero-order valence-electron chi connectivity index (χ0n) is 10.5. The highest BCUT2D eigenvalue weighted by Gasteiger charge is 2.34. The van der Waals surface area contributed by atoms with Gasteiger partial charge in [0.15, 0.2) is 0 Å². The molecule has 6 heteroatoms. The Morgan fingerprint density at radius 1 is 1.42 bits per heavy atom. The van der Waals surface area contributed by atoms with Crippen molar-refractivity contribution in [3.8, 4) is 0 Å². The summed E-state index contributed by atoms with van der Waals surface area (Å²) in [6.45, 7) is 5.54. The summed E-state index contributed by atoms with van der Waals surface area (Å²) in [5.74, 6) is 4.05. The Morgan fingerprint density at radius 3 is 2.53 bits per heavy atom. The van der Waals surface area contributed by atoms with Crippen LogP contribution in [0.1, 0.15) is 36.9 Å². The molecule has 1 aromatic carbocycles. The average Bonchev–Trinajstić information content (AvgIpc) is 2.29. The molecule has 0 bridgehead atoms. The minimum absolute atomic E-state index is 0.303. The van der Waals surface area contributed by atoms with Gasteiger partial charge in [-0.3, -0.25) is 11.3 Å². The maximum atomic E-state index is 13.2. The molecule has 0 radical (unpaired) electrons. The van der Waals surface area contributed by atoms with Gasteiger partial charge in [0.2, 0.25) is 0 Å². The first-order chi connectivity index (χ1) is 8.75. The van der Waals surface area contributed by atoms with E-state index >= 15 is 0 Å². The van der Waals surface area contributed by atoms with Crippen LogP contribution in [-0.4, -0.2) is 0 Å². The summed E-state index contributed by atoms with van der Waals surface area (Å²) in [6, 6.07) is 2.42. The summed E-state index contributed by atoms with van der Waals surface area (Å²) in [5, 5.41) is 0. The molecule has 2 nitrogen and oxygen atoms in total. The molecule has 1 atom stereocenters. The van der Waals surface area contributed by atoms with Gasteiger partial charge in [0.25, 0.3) is 0 Å². The highest BCUT2D eigenvalue weighted by Crippen LogP contribution is 2.33. The lowest BCUT2D eigenvalue weighted by Crippen LogP contribution is -2.28. The van der Waals surface area contributed by atoms with Gasteiger partial charge in [-0.05, 0) is 37.5 Å². The van der Waals surface area contributed by atoms with Crippen LogP contribution in [0.4, 0.5) is 17.6 Å². The topological polar surface area (TPSA) is 38.0 Å². The number of alkyl halides is 3. The van der Waals surface area contributed by atoms with Gasteiger partial charge >= 0.3 is 6.18 Å². The maximum absolute atomic E-state index is 13.2. The molecule has 0 spiro atoms. The number of halogens is 4. The van der Waals surface area contributed by atoms with E-state index in [9.17, 15) is 17.6 Å². The summed E-state index contributed by atoms with van der Waals surface area (Å²) in [5.41, 5.74) is 2.37. The van der Waals surface area contributed by atoms with Crippen LogP contribution in [0.25, 0.3) is 0 Å². The van der Waals surface area contributed by atoms with Gasteiger partial charge in [-0.25, -0.2) is 4.39 Å². The van der Waals surface area contributed by atoms with Gasteiger partial charge in [0.05, 0.1) is 5.56 Å². The van der Waals surface area contributed by atoms with Crippen molar-refractivity contribution in [1.82, 2.24) is 5.43 Å². The second kappa shape index (κ2) is 6.16. The summed E-state index contributed by atoms with van der Waals surface area (Å²) in [4.78, 5) is 0. The molecule has 0 heterocycles. The highest BCUT2D eigenvalue weighted by atomic mass is 19.4. The largest absolute Gasteiger partial charge is 0.419 e. The van der Waals surface area contributed by atoms with Crippen LogP contribution in [0.3, 0.4) is 0 Å². The molecule has 19 heavy (non-hydrogen) atoms. The van der Waals surface area contributed by atoms with Gasteiger partial charge in [-0.1, -0.05) is 11.6 Å². The van der Waals surface area contributed by atoms with Gasteiger partial charge in [-0.2, -0.15) is 13.2 Å². The molecule has 3 N–H and O–H groups in total. The zero-order valence-corrected chi connectivity index (χ0v) is 10.5. The third kappa shape index (κ3) is 4.33. The number of hydrogen-bond donors (Lipinski definition) is 2. The predicted octanol–water partition coefficient (Wildman–Crippen LogP) is 3.71. The number of nitrogens with one attached hydrogen (secondary N) is 1. The number of allylic oxidation sites excluding steroid dienone is 1. The molecule has 0 aromatic heterocycles. The fourth-order valence-corrected chi connectivity index (χ4v) is 1.71. The number of rotatable bonds is 5.